The largest absolute Gasteiger partial charge is 0.354 e. The zero-order valence-corrected chi connectivity index (χ0v) is 10.7. The van der Waals surface area contributed by atoms with Crippen molar-refractivity contribution in [2.24, 2.45) is 11.8 Å². The van der Waals surface area contributed by atoms with E-state index in [4.69, 9.17) is 0 Å². The number of amides is 2. The molecule has 1 aliphatic carbocycles. The lowest BCUT2D eigenvalue weighted by Crippen LogP contribution is -2.48. The van der Waals surface area contributed by atoms with Crippen molar-refractivity contribution in [3.05, 3.63) is 0 Å². The molecule has 0 radical (unpaired) electrons. The molecule has 0 aromatic carbocycles. The van der Waals surface area contributed by atoms with Crippen molar-refractivity contribution < 1.29 is 9.59 Å². The van der Waals surface area contributed by atoms with E-state index in [1.165, 1.54) is 12.8 Å². The van der Waals surface area contributed by atoms with Crippen LogP contribution in [0.25, 0.3) is 0 Å². The molecule has 0 spiro atoms. The van der Waals surface area contributed by atoms with Gasteiger partial charge in [0.1, 0.15) is 0 Å². The number of nitrogens with one attached hydrogen (secondary N) is 2. The molecule has 0 bridgehead atoms. The highest BCUT2D eigenvalue weighted by atomic mass is 16.2. The van der Waals surface area contributed by atoms with Gasteiger partial charge in [0.2, 0.25) is 11.8 Å². The van der Waals surface area contributed by atoms with E-state index < -0.39 is 0 Å². The Morgan fingerprint density at radius 2 is 2.17 bits per heavy atom. The minimum absolute atomic E-state index is 0.0261. The fraction of sp³-hybridized carbons (Fsp3) is 0.846. The van der Waals surface area contributed by atoms with Gasteiger partial charge in [0.15, 0.2) is 0 Å². The van der Waals surface area contributed by atoms with E-state index in [1.54, 1.807) is 4.90 Å². The van der Waals surface area contributed by atoms with Crippen LogP contribution < -0.4 is 10.6 Å². The normalized spacial score (nSPS) is 36.1. The van der Waals surface area contributed by atoms with E-state index in [9.17, 15) is 9.59 Å². The molecule has 3 fully saturated rings. The third-order valence-corrected chi connectivity index (χ3v) is 4.59. The van der Waals surface area contributed by atoms with E-state index in [-0.39, 0.29) is 24.4 Å². The van der Waals surface area contributed by atoms with Crippen molar-refractivity contribution in [3.63, 3.8) is 0 Å². The molecule has 2 heterocycles. The summed E-state index contributed by atoms with van der Waals surface area (Å²) in [5, 5.41) is 6.18. The lowest BCUT2D eigenvalue weighted by atomic mass is 9.93. The first kappa shape index (κ1) is 12.0. The monoisotopic (exact) mass is 251 g/mol. The number of carbonyl (C=O) groups excluding carboxylic acids is 2. The SMILES string of the molecule is O=C1CN(C(=O)C2NCC3CCCC32)CCCN1. The van der Waals surface area contributed by atoms with Crippen LogP contribution in [0.4, 0.5) is 0 Å². The number of carbonyl (C=O) groups is 2. The molecule has 18 heavy (non-hydrogen) atoms. The van der Waals surface area contributed by atoms with Gasteiger partial charge < -0.3 is 15.5 Å². The lowest BCUT2D eigenvalue weighted by molar-refractivity contribution is -0.137. The van der Waals surface area contributed by atoms with Gasteiger partial charge in [0.25, 0.3) is 0 Å². The van der Waals surface area contributed by atoms with Gasteiger partial charge in [-0.25, -0.2) is 0 Å². The molecule has 3 aliphatic rings. The van der Waals surface area contributed by atoms with Gasteiger partial charge in [-0.1, -0.05) is 6.42 Å². The van der Waals surface area contributed by atoms with Crippen LogP contribution >= 0.6 is 0 Å². The third kappa shape index (κ3) is 2.11. The molecule has 0 aromatic heterocycles. The molecule has 1 saturated carbocycles. The predicted octanol–water partition coefficient (Wildman–Crippen LogP) is -0.277. The first-order valence-corrected chi connectivity index (χ1v) is 7.04. The minimum Gasteiger partial charge on any atom is -0.354 e. The Labute approximate surface area is 107 Å². The molecular weight excluding hydrogens is 230 g/mol. The van der Waals surface area contributed by atoms with Crippen LogP contribution in [0, 0.1) is 11.8 Å². The Morgan fingerprint density at radius 1 is 1.28 bits per heavy atom. The average Bonchev–Trinajstić information content (AvgIpc) is 2.88. The molecule has 5 nitrogen and oxygen atoms in total. The average molecular weight is 251 g/mol. The van der Waals surface area contributed by atoms with Gasteiger partial charge in [-0.05, 0) is 37.6 Å². The summed E-state index contributed by atoms with van der Waals surface area (Å²) in [6, 6.07) is -0.0385. The zero-order valence-electron chi connectivity index (χ0n) is 10.7. The highest BCUT2D eigenvalue weighted by Crippen LogP contribution is 2.38. The summed E-state index contributed by atoms with van der Waals surface area (Å²) in [4.78, 5) is 25.8. The van der Waals surface area contributed by atoms with Crippen LogP contribution in [-0.2, 0) is 9.59 Å². The van der Waals surface area contributed by atoms with E-state index in [0.29, 0.717) is 24.9 Å². The van der Waals surface area contributed by atoms with Crippen molar-refractivity contribution in [2.75, 3.05) is 26.2 Å². The molecule has 3 atom stereocenters. The van der Waals surface area contributed by atoms with Crippen LogP contribution in [0.3, 0.4) is 0 Å². The third-order valence-electron chi connectivity index (χ3n) is 4.59. The zero-order chi connectivity index (χ0) is 12.5. The quantitative estimate of drug-likeness (QED) is 0.674. The van der Waals surface area contributed by atoms with Crippen molar-refractivity contribution in [1.82, 2.24) is 15.5 Å². The predicted molar refractivity (Wildman–Crippen MR) is 66.8 cm³/mol. The Balaban J connectivity index is 1.68. The summed E-state index contributed by atoms with van der Waals surface area (Å²) in [7, 11) is 0. The molecule has 2 N–H and O–H groups in total. The summed E-state index contributed by atoms with van der Waals surface area (Å²) >= 11 is 0. The number of fused-ring (bicyclic) bond motifs is 1. The van der Waals surface area contributed by atoms with E-state index >= 15 is 0 Å². The summed E-state index contributed by atoms with van der Waals surface area (Å²) in [6.07, 6.45) is 4.52. The molecule has 2 saturated heterocycles. The summed E-state index contributed by atoms with van der Waals surface area (Å²) in [5.41, 5.74) is 0. The molecular formula is C13H21N3O2. The standard InChI is InChI=1S/C13H21N3O2/c17-11-8-16(6-2-5-14-11)13(18)12-10-4-1-3-9(10)7-15-12/h9-10,12,15H,1-8H2,(H,14,17). The maximum absolute atomic E-state index is 12.5. The lowest BCUT2D eigenvalue weighted by Gasteiger charge is -2.26. The van der Waals surface area contributed by atoms with Crippen molar-refractivity contribution in [1.29, 1.82) is 0 Å². The molecule has 2 aliphatic heterocycles. The van der Waals surface area contributed by atoms with Crippen LogP contribution in [0.1, 0.15) is 25.7 Å². The highest BCUT2D eigenvalue weighted by molar-refractivity contribution is 5.88. The van der Waals surface area contributed by atoms with Gasteiger partial charge in [-0.15, -0.1) is 0 Å². The van der Waals surface area contributed by atoms with Gasteiger partial charge in [-0.2, -0.15) is 0 Å². The Kier molecular flexibility index (Phi) is 3.24. The summed E-state index contributed by atoms with van der Waals surface area (Å²) < 4.78 is 0. The second-order valence-electron chi connectivity index (χ2n) is 5.70. The fourth-order valence-electron chi connectivity index (χ4n) is 3.65. The van der Waals surface area contributed by atoms with Gasteiger partial charge in [0.05, 0.1) is 12.6 Å². The van der Waals surface area contributed by atoms with Crippen molar-refractivity contribution in [2.45, 2.75) is 31.7 Å². The van der Waals surface area contributed by atoms with Gasteiger partial charge in [-0.3, -0.25) is 9.59 Å². The summed E-state index contributed by atoms with van der Waals surface area (Å²) in [5.74, 6) is 1.30. The van der Waals surface area contributed by atoms with E-state index in [0.717, 1.165) is 19.4 Å². The second-order valence-corrected chi connectivity index (χ2v) is 5.70. The van der Waals surface area contributed by atoms with Gasteiger partial charge >= 0.3 is 0 Å². The smallest absolute Gasteiger partial charge is 0.240 e. The number of hydrogen-bond donors (Lipinski definition) is 2. The molecule has 0 aromatic rings. The van der Waals surface area contributed by atoms with Crippen molar-refractivity contribution in [3.8, 4) is 0 Å². The molecule has 100 valence electrons. The first-order valence-electron chi connectivity index (χ1n) is 7.04. The topological polar surface area (TPSA) is 61.4 Å². The maximum Gasteiger partial charge on any atom is 0.240 e. The fourth-order valence-corrected chi connectivity index (χ4v) is 3.65. The second kappa shape index (κ2) is 4.88. The van der Waals surface area contributed by atoms with E-state index in [1.807, 2.05) is 0 Å². The molecule has 2 amide bonds. The Bertz CT molecular complexity index is 358. The van der Waals surface area contributed by atoms with Crippen LogP contribution in [-0.4, -0.2) is 48.9 Å². The minimum atomic E-state index is -0.0385. The number of hydrogen-bond acceptors (Lipinski definition) is 3. The van der Waals surface area contributed by atoms with Gasteiger partial charge in [0, 0.05) is 13.1 Å². The van der Waals surface area contributed by atoms with Crippen LogP contribution in [0.15, 0.2) is 0 Å². The molecule has 3 rings (SSSR count). The first-order chi connectivity index (χ1) is 8.75. The number of rotatable bonds is 1. The van der Waals surface area contributed by atoms with Crippen molar-refractivity contribution >= 4 is 11.8 Å². The van der Waals surface area contributed by atoms with Crippen LogP contribution in [0.2, 0.25) is 0 Å². The summed E-state index contributed by atoms with van der Waals surface area (Å²) in [6.45, 7) is 2.59. The Hall–Kier alpha value is -1.10. The highest BCUT2D eigenvalue weighted by Gasteiger charge is 2.43. The number of nitrogens with zero attached hydrogens (tertiary/aromatic N) is 1. The molecule has 5 heteroatoms. The van der Waals surface area contributed by atoms with E-state index in [2.05, 4.69) is 10.6 Å². The van der Waals surface area contributed by atoms with Crippen LogP contribution in [0.5, 0.6) is 0 Å². The Morgan fingerprint density at radius 3 is 3.06 bits per heavy atom. The maximum atomic E-state index is 12.5. The molecule has 3 unspecified atom stereocenters.